The summed E-state index contributed by atoms with van der Waals surface area (Å²) in [4.78, 5) is -0.00345. The second kappa shape index (κ2) is 5.31. The zero-order valence-electron chi connectivity index (χ0n) is 11.5. The lowest BCUT2D eigenvalue weighted by atomic mass is 9.82. The molecule has 20 heavy (non-hydrogen) atoms. The van der Waals surface area contributed by atoms with Crippen LogP contribution in [0.25, 0.3) is 0 Å². The van der Waals surface area contributed by atoms with E-state index in [1.165, 1.54) is 24.3 Å². The fraction of sp³-hybridized carbons (Fsp3) is 0.538. The first-order valence-corrected chi connectivity index (χ1v) is 7.86. The Kier molecular flexibility index (Phi) is 4.04. The predicted octanol–water partition coefficient (Wildman–Crippen LogP) is 1.11. The van der Waals surface area contributed by atoms with E-state index < -0.39 is 15.8 Å². The van der Waals surface area contributed by atoms with Crippen LogP contribution in [0.2, 0.25) is 0 Å². The number of nitrogens with two attached hydrogens (primary N) is 1. The summed E-state index contributed by atoms with van der Waals surface area (Å²) in [5.74, 6) is -0.419. The number of sulfonamides is 1. The van der Waals surface area contributed by atoms with Crippen molar-refractivity contribution in [2.24, 2.45) is 5.92 Å². The van der Waals surface area contributed by atoms with Crippen molar-refractivity contribution in [2.45, 2.75) is 30.8 Å². The first-order valence-electron chi connectivity index (χ1n) is 6.42. The molecule has 1 aromatic carbocycles. The van der Waals surface area contributed by atoms with Gasteiger partial charge in [-0.2, -0.15) is 0 Å². The number of aryl methyl sites for hydroxylation is 1. The van der Waals surface area contributed by atoms with Gasteiger partial charge in [-0.1, -0.05) is 0 Å². The van der Waals surface area contributed by atoms with Gasteiger partial charge in [0.25, 0.3) is 0 Å². The maximum Gasteiger partial charge on any atom is 0.242 e. The van der Waals surface area contributed by atoms with Gasteiger partial charge in [-0.25, -0.2) is 17.1 Å². The molecular formula is C13H19FN2O3S. The molecule has 0 amide bonds. The Hall–Kier alpha value is -1.18. The summed E-state index contributed by atoms with van der Waals surface area (Å²) in [6, 6.07) is 2.43. The highest BCUT2D eigenvalue weighted by atomic mass is 32.2. The van der Waals surface area contributed by atoms with Crippen LogP contribution in [0.3, 0.4) is 0 Å². The maximum absolute atomic E-state index is 13.5. The van der Waals surface area contributed by atoms with Crippen molar-refractivity contribution in [3.05, 3.63) is 23.5 Å². The van der Waals surface area contributed by atoms with E-state index in [9.17, 15) is 17.9 Å². The van der Waals surface area contributed by atoms with Gasteiger partial charge in [-0.15, -0.1) is 0 Å². The normalized spacial score (nSPS) is 22.9. The van der Waals surface area contributed by atoms with Gasteiger partial charge in [0.1, 0.15) is 5.82 Å². The van der Waals surface area contributed by atoms with Gasteiger partial charge in [0.05, 0.1) is 16.7 Å². The van der Waals surface area contributed by atoms with Crippen LogP contribution in [0.1, 0.15) is 18.4 Å². The summed E-state index contributed by atoms with van der Waals surface area (Å²) in [6.45, 7) is 1.82. The molecule has 1 aliphatic carbocycles. The van der Waals surface area contributed by atoms with Crippen molar-refractivity contribution in [3.8, 4) is 0 Å². The van der Waals surface area contributed by atoms with E-state index in [0.29, 0.717) is 19.4 Å². The summed E-state index contributed by atoms with van der Waals surface area (Å²) >= 11 is 0. The Morgan fingerprint density at radius 1 is 1.45 bits per heavy atom. The number of nitrogen functional groups attached to an aromatic ring is 1. The molecule has 1 saturated carbocycles. The molecule has 0 heterocycles. The summed E-state index contributed by atoms with van der Waals surface area (Å²) in [5, 5.41) is 9.23. The molecule has 1 fully saturated rings. The number of hydrogen-bond acceptors (Lipinski definition) is 4. The molecule has 0 unspecified atom stereocenters. The first kappa shape index (κ1) is 15.2. The van der Waals surface area contributed by atoms with Gasteiger partial charge >= 0.3 is 0 Å². The van der Waals surface area contributed by atoms with Gasteiger partial charge in [-0.05, 0) is 43.4 Å². The van der Waals surface area contributed by atoms with Gasteiger partial charge in [0.15, 0.2) is 0 Å². The lowest BCUT2D eigenvalue weighted by molar-refractivity contribution is 0.0367. The van der Waals surface area contributed by atoms with Crippen LogP contribution in [0, 0.1) is 18.7 Å². The molecule has 112 valence electrons. The van der Waals surface area contributed by atoms with E-state index in [4.69, 9.17) is 5.73 Å². The topological polar surface area (TPSA) is 83.6 Å². The SMILES string of the molecule is Cc1cc(S(=O)(=O)N(C)CC2CC(O)C2)cc(N)c1F. The molecule has 3 N–H and O–H groups in total. The summed E-state index contributed by atoms with van der Waals surface area (Å²) in [5.41, 5.74) is 5.52. The molecule has 1 aliphatic rings. The molecule has 0 bridgehead atoms. The molecule has 0 aliphatic heterocycles. The van der Waals surface area contributed by atoms with Crippen molar-refractivity contribution >= 4 is 15.7 Å². The third-order valence-corrected chi connectivity index (χ3v) is 5.49. The maximum atomic E-state index is 13.5. The highest BCUT2D eigenvalue weighted by Crippen LogP contribution is 2.30. The number of nitrogens with zero attached hydrogens (tertiary/aromatic N) is 1. The molecule has 0 spiro atoms. The van der Waals surface area contributed by atoms with Crippen LogP contribution < -0.4 is 5.73 Å². The van der Waals surface area contributed by atoms with Crippen molar-refractivity contribution < 1.29 is 17.9 Å². The second-order valence-corrected chi connectivity index (χ2v) is 7.47. The number of benzene rings is 1. The Morgan fingerprint density at radius 3 is 2.55 bits per heavy atom. The minimum atomic E-state index is -3.68. The van der Waals surface area contributed by atoms with E-state index in [1.54, 1.807) is 0 Å². The van der Waals surface area contributed by atoms with E-state index >= 15 is 0 Å². The number of halogens is 1. The second-order valence-electron chi connectivity index (χ2n) is 5.42. The number of rotatable bonds is 4. The van der Waals surface area contributed by atoms with Crippen LogP contribution in [-0.4, -0.2) is 37.5 Å². The first-order chi connectivity index (χ1) is 9.21. The van der Waals surface area contributed by atoms with Gasteiger partial charge in [0, 0.05) is 13.6 Å². The fourth-order valence-electron chi connectivity index (χ4n) is 2.40. The Bertz CT molecular complexity index is 589. The number of anilines is 1. The summed E-state index contributed by atoms with van der Waals surface area (Å²) < 4.78 is 39.5. The lowest BCUT2D eigenvalue weighted by Crippen LogP contribution is -2.39. The minimum Gasteiger partial charge on any atom is -0.396 e. The molecule has 0 saturated heterocycles. The zero-order valence-corrected chi connectivity index (χ0v) is 12.3. The van der Waals surface area contributed by atoms with Crippen LogP contribution in [-0.2, 0) is 10.0 Å². The number of hydrogen-bond donors (Lipinski definition) is 2. The predicted molar refractivity (Wildman–Crippen MR) is 74.1 cm³/mol. The fourth-order valence-corrected chi connectivity index (χ4v) is 3.77. The van der Waals surface area contributed by atoms with E-state index in [2.05, 4.69) is 0 Å². The molecule has 5 nitrogen and oxygen atoms in total. The molecule has 7 heteroatoms. The Balaban J connectivity index is 2.21. The van der Waals surface area contributed by atoms with Gasteiger partial charge in [-0.3, -0.25) is 0 Å². The van der Waals surface area contributed by atoms with Crippen LogP contribution in [0.15, 0.2) is 17.0 Å². The highest BCUT2D eigenvalue weighted by molar-refractivity contribution is 7.89. The molecule has 1 aromatic rings. The molecule has 0 radical (unpaired) electrons. The number of aliphatic hydroxyl groups is 1. The average Bonchev–Trinajstić information content (AvgIpc) is 2.33. The van der Waals surface area contributed by atoms with Crippen molar-refractivity contribution in [3.63, 3.8) is 0 Å². The number of aliphatic hydroxyl groups excluding tert-OH is 1. The molecule has 0 atom stereocenters. The van der Waals surface area contributed by atoms with E-state index in [0.717, 1.165) is 6.07 Å². The van der Waals surface area contributed by atoms with E-state index in [-0.39, 0.29) is 28.2 Å². The van der Waals surface area contributed by atoms with Crippen molar-refractivity contribution in [1.29, 1.82) is 0 Å². The Labute approximate surface area is 118 Å². The summed E-state index contributed by atoms with van der Waals surface area (Å²) in [7, 11) is -2.20. The quantitative estimate of drug-likeness (QED) is 0.816. The van der Waals surface area contributed by atoms with Crippen LogP contribution >= 0.6 is 0 Å². The molecule has 2 rings (SSSR count). The lowest BCUT2D eigenvalue weighted by Gasteiger charge is -2.34. The third kappa shape index (κ3) is 2.79. The molecular weight excluding hydrogens is 283 g/mol. The van der Waals surface area contributed by atoms with Gasteiger partial charge in [0.2, 0.25) is 10.0 Å². The van der Waals surface area contributed by atoms with E-state index in [1.807, 2.05) is 0 Å². The van der Waals surface area contributed by atoms with Crippen molar-refractivity contribution in [2.75, 3.05) is 19.3 Å². The van der Waals surface area contributed by atoms with Crippen molar-refractivity contribution in [1.82, 2.24) is 4.31 Å². The average molecular weight is 302 g/mol. The van der Waals surface area contributed by atoms with Crippen LogP contribution in [0.4, 0.5) is 10.1 Å². The Morgan fingerprint density at radius 2 is 2.05 bits per heavy atom. The zero-order chi connectivity index (χ0) is 15.1. The summed E-state index contributed by atoms with van der Waals surface area (Å²) in [6.07, 6.45) is 0.911. The van der Waals surface area contributed by atoms with Gasteiger partial charge < -0.3 is 10.8 Å². The standard InChI is InChI=1S/C13H19FN2O3S/c1-8-3-11(6-12(15)13(8)14)20(18,19)16(2)7-9-4-10(17)5-9/h3,6,9-10,17H,4-5,7,15H2,1-2H3. The minimum absolute atomic E-state index is 0.00345. The van der Waals surface area contributed by atoms with Crippen LogP contribution in [0.5, 0.6) is 0 Å². The largest absolute Gasteiger partial charge is 0.396 e. The highest BCUT2D eigenvalue weighted by Gasteiger charge is 2.32. The monoisotopic (exact) mass is 302 g/mol. The smallest absolute Gasteiger partial charge is 0.242 e. The molecule has 0 aromatic heterocycles. The third-order valence-electron chi connectivity index (χ3n) is 3.69.